The average Bonchev–Trinajstić information content (AvgIpc) is 2.92. The van der Waals surface area contributed by atoms with Crippen LogP contribution in [-0.2, 0) is 9.59 Å². The van der Waals surface area contributed by atoms with Crippen molar-refractivity contribution in [3.63, 3.8) is 0 Å². The lowest BCUT2D eigenvalue weighted by molar-refractivity contribution is -0.122. The maximum Gasteiger partial charge on any atom is 0.240 e. The maximum absolute atomic E-state index is 12.3. The summed E-state index contributed by atoms with van der Waals surface area (Å²) in [6.45, 7) is 3.84. The minimum atomic E-state index is -0.503. The van der Waals surface area contributed by atoms with E-state index in [1.54, 1.807) is 12.1 Å². The van der Waals surface area contributed by atoms with E-state index >= 15 is 0 Å². The summed E-state index contributed by atoms with van der Waals surface area (Å²) in [7, 11) is 0. The van der Waals surface area contributed by atoms with Crippen molar-refractivity contribution < 1.29 is 9.59 Å². The van der Waals surface area contributed by atoms with Crippen LogP contribution in [0.3, 0.4) is 0 Å². The van der Waals surface area contributed by atoms with Gasteiger partial charge in [0.15, 0.2) is 5.17 Å². The van der Waals surface area contributed by atoms with Gasteiger partial charge in [-0.2, -0.15) is 0 Å². The molecule has 0 aliphatic carbocycles. The van der Waals surface area contributed by atoms with Gasteiger partial charge >= 0.3 is 0 Å². The molecule has 2 N–H and O–H groups in total. The molecule has 1 aliphatic heterocycles. The number of anilines is 1. The molecule has 1 fully saturated rings. The van der Waals surface area contributed by atoms with E-state index in [9.17, 15) is 9.59 Å². The van der Waals surface area contributed by atoms with Gasteiger partial charge in [-0.05, 0) is 43.2 Å². The number of carbonyl (C=O) groups is 2. The number of halogens is 1. The van der Waals surface area contributed by atoms with E-state index < -0.39 is 5.25 Å². The molecule has 1 aliphatic rings. The first-order valence-electron chi connectivity index (χ1n) is 8.10. The van der Waals surface area contributed by atoms with Crippen molar-refractivity contribution in [1.82, 2.24) is 5.32 Å². The summed E-state index contributed by atoms with van der Waals surface area (Å²) in [6.07, 6.45) is 0.0647. The van der Waals surface area contributed by atoms with Crippen LogP contribution in [0, 0.1) is 13.8 Å². The van der Waals surface area contributed by atoms with Gasteiger partial charge in [0.05, 0.1) is 5.69 Å². The molecule has 0 spiro atoms. The minimum absolute atomic E-state index is 0.0647. The van der Waals surface area contributed by atoms with Gasteiger partial charge in [-0.1, -0.05) is 47.6 Å². The fourth-order valence-corrected chi connectivity index (χ4v) is 3.64. The molecule has 26 heavy (non-hydrogen) atoms. The molecule has 0 saturated carbocycles. The highest BCUT2D eigenvalue weighted by Gasteiger charge is 2.32. The first-order valence-corrected chi connectivity index (χ1v) is 9.36. The zero-order valence-corrected chi connectivity index (χ0v) is 15.9. The van der Waals surface area contributed by atoms with E-state index in [2.05, 4.69) is 15.6 Å². The summed E-state index contributed by atoms with van der Waals surface area (Å²) in [4.78, 5) is 28.9. The molecule has 1 heterocycles. The Morgan fingerprint density at radius 2 is 2.00 bits per heavy atom. The Morgan fingerprint density at radius 1 is 1.23 bits per heavy atom. The number of amides is 2. The zero-order valence-electron chi connectivity index (χ0n) is 14.4. The van der Waals surface area contributed by atoms with E-state index in [-0.39, 0.29) is 18.2 Å². The van der Waals surface area contributed by atoms with E-state index in [0.717, 1.165) is 16.8 Å². The normalized spacial score (nSPS) is 18.0. The number of nitrogens with one attached hydrogen (secondary N) is 2. The molecule has 3 rings (SSSR count). The molecule has 7 heteroatoms. The first kappa shape index (κ1) is 18.5. The highest BCUT2D eigenvalue weighted by Crippen LogP contribution is 2.27. The van der Waals surface area contributed by atoms with Gasteiger partial charge in [-0.3, -0.25) is 9.59 Å². The number of rotatable bonds is 4. The summed E-state index contributed by atoms with van der Waals surface area (Å²) in [5, 5.41) is 6.12. The van der Waals surface area contributed by atoms with Gasteiger partial charge in [0.2, 0.25) is 11.8 Å². The molecule has 0 aromatic heterocycles. The van der Waals surface area contributed by atoms with Gasteiger partial charge in [-0.25, -0.2) is 4.99 Å². The van der Waals surface area contributed by atoms with Crippen molar-refractivity contribution >= 4 is 51.7 Å². The number of para-hydroxylation sites is 1. The Kier molecular flexibility index (Phi) is 5.64. The lowest BCUT2D eigenvalue weighted by atomic mass is 10.2. The predicted octanol–water partition coefficient (Wildman–Crippen LogP) is 4.20. The molecular formula is C19H18ClN3O2S. The highest BCUT2D eigenvalue weighted by molar-refractivity contribution is 8.15. The summed E-state index contributed by atoms with van der Waals surface area (Å²) < 4.78 is 0. The lowest BCUT2D eigenvalue weighted by Gasteiger charge is -2.10. The van der Waals surface area contributed by atoms with E-state index in [4.69, 9.17) is 11.6 Å². The van der Waals surface area contributed by atoms with E-state index in [1.165, 1.54) is 11.8 Å². The van der Waals surface area contributed by atoms with Crippen LogP contribution >= 0.6 is 23.4 Å². The number of hydrogen-bond acceptors (Lipinski definition) is 4. The van der Waals surface area contributed by atoms with Gasteiger partial charge in [0.25, 0.3) is 0 Å². The number of benzene rings is 2. The first-order chi connectivity index (χ1) is 12.4. The number of aliphatic imine (C=N–C) groups is 1. The van der Waals surface area contributed by atoms with Gasteiger partial charge in [0, 0.05) is 17.1 Å². The number of carbonyl (C=O) groups excluding carboxylic acids is 2. The molecule has 1 saturated heterocycles. The third kappa shape index (κ3) is 4.45. The van der Waals surface area contributed by atoms with Gasteiger partial charge in [0.1, 0.15) is 5.25 Å². The second-order valence-corrected chi connectivity index (χ2v) is 7.64. The summed E-state index contributed by atoms with van der Waals surface area (Å²) in [5.74, 6) is -0.444. The van der Waals surface area contributed by atoms with Crippen molar-refractivity contribution in [1.29, 1.82) is 0 Å². The van der Waals surface area contributed by atoms with Crippen molar-refractivity contribution in [2.75, 3.05) is 5.32 Å². The number of nitrogens with zero attached hydrogens (tertiary/aromatic N) is 1. The van der Waals surface area contributed by atoms with E-state index in [1.807, 2.05) is 44.2 Å². The average molecular weight is 388 g/mol. The molecule has 5 nitrogen and oxygen atoms in total. The fourth-order valence-electron chi connectivity index (χ4n) is 2.49. The molecular weight excluding hydrogens is 370 g/mol. The topological polar surface area (TPSA) is 70.6 Å². The molecule has 134 valence electrons. The second-order valence-electron chi connectivity index (χ2n) is 6.01. The van der Waals surface area contributed by atoms with Crippen LogP contribution in [0.2, 0.25) is 5.02 Å². The van der Waals surface area contributed by atoms with Crippen molar-refractivity contribution in [2.24, 2.45) is 4.99 Å². The third-order valence-electron chi connectivity index (χ3n) is 3.96. The standard InChI is InChI=1S/C19H18ClN3O2S/c1-11-5-3-4-6-14(11)22-19-23-18(25)16(26-19)10-17(24)21-15-9-13(20)8-7-12(15)2/h3-9,16H,10H2,1-2H3,(H,21,24)(H,22,23,25)/t16-/m0/s1. The van der Waals surface area contributed by atoms with Crippen LogP contribution in [0.4, 0.5) is 11.4 Å². The van der Waals surface area contributed by atoms with Crippen LogP contribution in [0.1, 0.15) is 17.5 Å². The van der Waals surface area contributed by atoms with Crippen LogP contribution in [0.5, 0.6) is 0 Å². The van der Waals surface area contributed by atoms with Crippen LogP contribution < -0.4 is 10.6 Å². The maximum atomic E-state index is 12.3. The summed E-state index contributed by atoms with van der Waals surface area (Å²) >= 11 is 7.24. The van der Waals surface area contributed by atoms with Crippen LogP contribution in [0.25, 0.3) is 0 Å². The molecule has 2 amide bonds. The second kappa shape index (κ2) is 7.93. The quantitative estimate of drug-likeness (QED) is 0.825. The number of aryl methyl sites for hydroxylation is 2. The molecule has 1 atom stereocenters. The Bertz CT molecular complexity index is 898. The minimum Gasteiger partial charge on any atom is -0.326 e. The van der Waals surface area contributed by atoms with Crippen molar-refractivity contribution in [3.8, 4) is 0 Å². The van der Waals surface area contributed by atoms with Gasteiger partial charge in [-0.15, -0.1) is 0 Å². The monoisotopic (exact) mass is 387 g/mol. The van der Waals surface area contributed by atoms with Gasteiger partial charge < -0.3 is 10.6 Å². The van der Waals surface area contributed by atoms with E-state index in [0.29, 0.717) is 15.9 Å². The molecule has 2 aromatic rings. The predicted molar refractivity (Wildman–Crippen MR) is 107 cm³/mol. The molecule has 0 unspecified atom stereocenters. The Hall–Kier alpha value is -2.31. The zero-order chi connectivity index (χ0) is 18.7. The summed E-state index contributed by atoms with van der Waals surface area (Å²) in [6, 6.07) is 13.0. The smallest absolute Gasteiger partial charge is 0.240 e. The third-order valence-corrected chi connectivity index (χ3v) is 5.28. The molecule has 0 bridgehead atoms. The highest BCUT2D eigenvalue weighted by atomic mass is 35.5. The van der Waals surface area contributed by atoms with Crippen molar-refractivity contribution in [3.05, 3.63) is 58.6 Å². The number of hydrogen-bond donors (Lipinski definition) is 2. The molecule has 0 radical (unpaired) electrons. The Balaban J connectivity index is 1.65. The lowest BCUT2D eigenvalue weighted by Crippen LogP contribution is -2.28. The summed E-state index contributed by atoms with van der Waals surface area (Å²) in [5.41, 5.74) is 3.38. The number of amidine groups is 1. The number of thioether (sulfide) groups is 1. The SMILES string of the molecule is Cc1ccccc1N=C1NC(=O)[C@H](CC(=O)Nc2cc(Cl)ccc2C)S1. The fraction of sp³-hybridized carbons (Fsp3) is 0.211. The van der Waals surface area contributed by atoms with Crippen molar-refractivity contribution in [2.45, 2.75) is 25.5 Å². The van der Waals surface area contributed by atoms with Crippen LogP contribution in [0.15, 0.2) is 47.5 Å². The van der Waals surface area contributed by atoms with Crippen LogP contribution in [-0.4, -0.2) is 22.2 Å². The Morgan fingerprint density at radius 3 is 2.77 bits per heavy atom. The largest absolute Gasteiger partial charge is 0.326 e. The molecule has 2 aromatic carbocycles. The Labute approximate surface area is 161 Å².